The average Bonchev–Trinajstić information content (AvgIpc) is 2.77. The van der Waals surface area contributed by atoms with E-state index in [0.717, 1.165) is 28.1 Å². The standard InChI is InChI=1S/C26H36ClN3O4S/c1-7-15-28-25(32)19(2)29(17-20-9-8-10-22(27)16-20)24(31)18-30(35(6,33)34)23-13-11-21(12-14-23)26(3,4)5/h8-14,16,19H,7,15,17-18H2,1-6H3,(H,28,32)/t19-/m0/s1. The van der Waals surface area contributed by atoms with Crippen molar-refractivity contribution in [1.29, 1.82) is 0 Å². The van der Waals surface area contributed by atoms with Crippen molar-refractivity contribution in [2.45, 2.75) is 59.0 Å². The summed E-state index contributed by atoms with van der Waals surface area (Å²) in [5, 5.41) is 3.32. The molecule has 0 heterocycles. The maximum atomic E-state index is 13.5. The molecule has 1 atom stereocenters. The lowest BCUT2D eigenvalue weighted by Crippen LogP contribution is -2.51. The molecule has 0 aliphatic carbocycles. The molecule has 0 fully saturated rings. The molecule has 7 nitrogen and oxygen atoms in total. The number of nitrogens with zero attached hydrogens (tertiary/aromatic N) is 2. The summed E-state index contributed by atoms with van der Waals surface area (Å²) in [5.74, 6) is -0.794. The predicted octanol–water partition coefficient (Wildman–Crippen LogP) is 4.35. The summed E-state index contributed by atoms with van der Waals surface area (Å²) < 4.78 is 26.4. The van der Waals surface area contributed by atoms with Gasteiger partial charge < -0.3 is 10.2 Å². The van der Waals surface area contributed by atoms with Gasteiger partial charge in [0.15, 0.2) is 0 Å². The fourth-order valence-electron chi connectivity index (χ4n) is 3.55. The van der Waals surface area contributed by atoms with Gasteiger partial charge >= 0.3 is 0 Å². The van der Waals surface area contributed by atoms with Gasteiger partial charge in [0, 0.05) is 18.1 Å². The molecule has 2 aromatic carbocycles. The maximum absolute atomic E-state index is 13.5. The zero-order chi connectivity index (χ0) is 26.4. The highest BCUT2D eigenvalue weighted by molar-refractivity contribution is 7.92. The molecule has 2 aromatic rings. The lowest BCUT2D eigenvalue weighted by atomic mass is 9.87. The molecular weight excluding hydrogens is 486 g/mol. The number of rotatable bonds is 10. The number of carbonyl (C=O) groups excluding carboxylic acids is 2. The van der Waals surface area contributed by atoms with Crippen LogP contribution in [-0.2, 0) is 31.6 Å². The first kappa shape index (κ1) is 28.7. The monoisotopic (exact) mass is 521 g/mol. The Morgan fingerprint density at radius 3 is 2.23 bits per heavy atom. The second-order valence-electron chi connectivity index (χ2n) is 9.69. The van der Waals surface area contributed by atoms with Crippen molar-refractivity contribution in [1.82, 2.24) is 10.2 Å². The van der Waals surface area contributed by atoms with E-state index in [1.807, 2.05) is 25.1 Å². The van der Waals surface area contributed by atoms with Crippen molar-refractivity contribution >= 4 is 39.1 Å². The summed E-state index contributed by atoms with van der Waals surface area (Å²) in [7, 11) is -3.77. The van der Waals surface area contributed by atoms with Crippen molar-refractivity contribution in [3.8, 4) is 0 Å². The van der Waals surface area contributed by atoms with Crippen molar-refractivity contribution in [3.05, 3.63) is 64.7 Å². The van der Waals surface area contributed by atoms with Crippen LogP contribution in [0.5, 0.6) is 0 Å². The Morgan fingerprint density at radius 1 is 1.09 bits per heavy atom. The SMILES string of the molecule is CCCNC(=O)[C@H](C)N(Cc1cccc(Cl)c1)C(=O)CN(c1ccc(C(C)(C)C)cc1)S(C)(=O)=O. The van der Waals surface area contributed by atoms with Crippen LogP contribution < -0.4 is 9.62 Å². The van der Waals surface area contributed by atoms with Crippen molar-refractivity contribution < 1.29 is 18.0 Å². The number of amides is 2. The smallest absolute Gasteiger partial charge is 0.244 e. The molecule has 0 unspecified atom stereocenters. The number of sulfonamides is 1. The van der Waals surface area contributed by atoms with E-state index >= 15 is 0 Å². The molecule has 0 aromatic heterocycles. The molecule has 0 spiro atoms. The highest BCUT2D eigenvalue weighted by Gasteiger charge is 2.30. The topological polar surface area (TPSA) is 86.8 Å². The van der Waals surface area contributed by atoms with Gasteiger partial charge in [0.2, 0.25) is 21.8 Å². The zero-order valence-electron chi connectivity index (χ0n) is 21.3. The number of hydrogen-bond donors (Lipinski definition) is 1. The highest BCUT2D eigenvalue weighted by Crippen LogP contribution is 2.26. The van der Waals surface area contributed by atoms with Crippen LogP contribution >= 0.6 is 11.6 Å². The minimum Gasteiger partial charge on any atom is -0.354 e. The summed E-state index contributed by atoms with van der Waals surface area (Å²) in [4.78, 5) is 27.6. The largest absolute Gasteiger partial charge is 0.354 e. The predicted molar refractivity (Wildman–Crippen MR) is 142 cm³/mol. The average molecular weight is 522 g/mol. The normalized spacial score (nSPS) is 12.7. The fourth-order valence-corrected chi connectivity index (χ4v) is 4.61. The van der Waals surface area contributed by atoms with Gasteiger partial charge in [0.05, 0.1) is 11.9 Å². The Kier molecular flexibility index (Phi) is 9.75. The molecular formula is C26H36ClN3O4S. The molecule has 2 amide bonds. The number of halogens is 1. The third-order valence-electron chi connectivity index (χ3n) is 5.66. The van der Waals surface area contributed by atoms with Crippen LogP contribution in [0.1, 0.15) is 52.2 Å². The van der Waals surface area contributed by atoms with Gasteiger partial charge in [-0.2, -0.15) is 0 Å². The van der Waals surface area contributed by atoms with Crippen LogP contribution in [0.3, 0.4) is 0 Å². The van der Waals surface area contributed by atoms with E-state index in [4.69, 9.17) is 11.6 Å². The fraction of sp³-hybridized carbons (Fsp3) is 0.462. The third-order valence-corrected chi connectivity index (χ3v) is 7.03. The number of benzene rings is 2. The molecule has 1 N–H and O–H groups in total. The number of anilines is 1. The second-order valence-corrected chi connectivity index (χ2v) is 12.0. The number of nitrogens with one attached hydrogen (secondary N) is 1. The van der Waals surface area contributed by atoms with Crippen LogP contribution in [0.4, 0.5) is 5.69 Å². The van der Waals surface area contributed by atoms with E-state index in [1.54, 1.807) is 37.3 Å². The van der Waals surface area contributed by atoms with E-state index < -0.39 is 28.5 Å². The summed E-state index contributed by atoms with van der Waals surface area (Å²) >= 11 is 6.12. The molecule has 2 rings (SSSR count). The number of hydrogen-bond acceptors (Lipinski definition) is 4. The number of carbonyl (C=O) groups is 2. The molecule has 0 radical (unpaired) electrons. The molecule has 0 aliphatic heterocycles. The quantitative estimate of drug-likeness (QED) is 0.503. The van der Waals surface area contributed by atoms with Gasteiger partial charge in [-0.05, 0) is 54.2 Å². The van der Waals surface area contributed by atoms with Crippen molar-refractivity contribution in [2.24, 2.45) is 0 Å². The van der Waals surface area contributed by atoms with Crippen LogP contribution in [0.15, 0.2) is 48.5 Å². The first-order valence-corrected chi connectivity index (χ1v) is 13.9. The van der Waals surface area contributed by atoms with Crippen LogP contribution in [0.25, 0.3) is 0 Å². The first-order valence-electron chi connectivity index (χ1n) is 11.6. The summed E-state index contributed by atoms with van der Waals surface area (Å²) in [5.41, 5.74) is 2.07. The Labute approximate surface area is 214 Å². The first-order chi connectivity index (χ1) is 16.2. The Bertz CT molecular complexity index is 1130. The summed E-state index contributed by atoms with van der Waals surface area (Å²) in [6.45, 7) is 9.94. The molecule has 9 heteroatoms. The highest BCUT2D eigenvalue weighted by atomic mass is 35.5. The van der Waals surface area contributed by atoms with Crippen LogP contribution in [-0.4, -0.2) is 50.5 Å². The molecule has 0 saturated heterocycles. The van der Waals surface area contributed by atoms with Crippen molar-refractivity contribution in [3.63, 3.8) is 0 Å². The minimum atomic E-state index is -3.77. The lowest BCUT2D eigenvalue weighted by Gasteiger charge is -2.31. The Morgan fingerprint density at radius 2 is 1.71 bits per heavy atom. The molecule has 35 heavy (non-hydrogen) atoms. The minimum absolute atomic E-state index is 0.0979. The van der Waals surface area contributed by atoms with Gasteiger partial charge in [-0.1, -0.05) is 63.6 Å². The zero-order valence-corrected chi connectivity index (χ0v) is 22.9. The summed E-state index contributed by atoms with van der Waals surface area (Å²) in [6, 6.07) is 13.3. The van der Waals surface area contributed by atoms with Gasteiger partial charge in [0.1, 0.15) is 12.6 Å². The van der Waals surface area contributed by atoms with Crippen LogP contribution in [0, 0.1) is 0 Å². The van der Waals surface area contributed by atoms with E-state index in [2.05, 4.69) is 26.1 Å². The molecule has 0 aliphatic rings. The van der Waals surface area contributed by atoms with Crippen molar-refractivity contribution in [2.75, 3.05) is 23.7 Å². The Balaban J connectivity index is 2.38. The van der Waals surface area contributed by atoms with Gasteiger partial charge in [0.25, 0.3) is 0 Å². The maximum Gasteiger partial charge on any atom is 0.244 e. The van der Waals surface area contributed by atoms with Gasteiger partial charge in [-0.3, -0.25) is 13.9 Å². The van der Waals surface area contributed by atoms with Gasteiger partial charge in [-0.15, -0.1) is 0 Å². The second kappa shape index (κ2) is 11.9. The van der Waals surface area contributed by atoms with Crippen LogP contribution in [0.2, 0.25) is 5.02 Å². The lowest BCUT2D eigenvalue weighted by molar-refractivity contribution is -0.139. The van der Waals surface area contributed by atoms with E-state index in [9.17, 15) is 18.0 Å². The van der Waals surface area contributed by atoms with Gasteiger partial charge in [-0.25, -0.2) is 8.42 Å². The van der Waals surface area contributed by atoms with E-state index in [0.29, 0.717) is 17.3 Å². The molecule has 0 saturated carbocycles. The summed E-state index contributed by atoms with van der Waals surface area (Å²) in [6.07, 6.45) is 1.82. The van der Waals surface area contributed by atoms with E-state index in [-0.39, 0.29) is 17.9 Å². The molecule has 0 bridgehead atoms. The van der Waals surface area contributed by atoms with E-state index in [1.165, 1.54) is 4.90 Å². The third kappa shape index (κ3) is 8.25. The molecule has 192 valence electrons. The Hall–Kier alpha value is -2.58.